The highest BCUT2D eigenvalue weighted by molar-refractivity contribution is 5.28. The van der Waals surface area contributed by atoms with E-state index in [1.807, 2.05) is 0 Å². The molecule has 21 heavy (non-hydrogen) atoms. The predicted octanol–water partition coefficient (Wildman–Crippen LogP) is 3.35. The van der Waals surface area contributed by atoms with Crippen LogP contribution in [0, 0.1) is 0 Å². The Hall–Kier alpha value is -0.860. The minimum Gasteiger partial charge on any atom is -0.312 e. The molecule has 2 heteroatoms. The van der Waals surface area contributed by atoms with Gasteiger partial charge in [-0.3, -0.25) is 4.90 Å². The Morgan fingerprint density at radius 1 is 1.10 bits per heavy atom. The van der Waals surface area contributed by atoms with Crippen LogP contribution in [0.2, 0.25) is 0 Å². The Balaban J connectivity index is 1.70. The van der Waals surface area contributed by atoms with E-state index in [-0.39, 0.29) is 5.41 Å². The molecule has 1 aromatic rings. The van der Waals surface area contributed by atoms with Gasteiger partial charge in [0.15, 0.2) is 0 Å². The van der Waals surface area contributed by atoms with E-state index in [2.05, 4.69) is 55.3 Å². The van der Waals surface area contributed by atoms with Crippen LogP contribution in [0.15, 0.2) is 24.3 Å². The largest absolute Gasteiger partial charge is 0.312 e. The molecule has 2 aliphatic rings. The first kappa shape index (κ1) is 15.1. The number of nitrogens with zero attached hydrogens (tertiary/aromatic N) is 1. The van der Waals surface area contributed by atoms with Crippen molar-refractivity contribution in [3.63, 3.8) is 0 Å². The number of rotatable bonds is 2. The molecule has 0 bridgehead atoms. The van der Waals surface area contributed by atoms with Crippen molar-refractivity contribution in [1.82, 2.24) is 10.2 Å². The summed E-state index contributed by atoms with van der Waals surface area (Å²) in [6.07, 6.45) is 5.23. The zero-order valence-corrected chi connectivity index (χ0v) is 13.9. The molecule has 2 aliphatic heterocycles. The fourth-order valence-corrected chi connectivity index (χ4v) is 3.89. The van der Waals surface area contributed by atoms with E-state index >= 15 is 0 Å². The maximum atomic E-state index is 3.80. The molecule has 3 rings (SSSR count). The standard InChI is InChI=1S/C19H30N2/c1-19(2,3)16-9-7-15(8-10-16)14-17-18-6-4-12-21(18)13-5-11-20-17/h7-10,17-18,20H,4-6,11-14H2,1-3H3. The molecule has 2 nitrogen and oxygen atoms in total. The Bertz CT molecular complexity index is 457. The van der Waals surface area contributed by atoms with Gasteiger partial charge in [0.25, 0.3) is 0 Å². The minimum atomic E-state index is 0.251. The van der Waals surface area contributed by atoms with Crippen molar-refractivity contribution >= 4 is 0 Å². The van der Waals surface area contributed by atoms with Crippen molar-refractivity contribution in [3.8, 4) is 0 Å². The molecule has 0 saturated carbocycles. The summed E-state index contributed by atoms with van der Waals surface area (Å²) in [4.78, 5) is 2.72. The molecule has 1 N–H and O–H groups in total. The Labute approximate surface area is 129 Å². The lowest BCUT2D eigenvalue weighted by molar-refractivity contribution is 0.231. The van der Waals surface area contributed by atoms with Crippen LogP contribution in [0.3, 0.4) is 0 Å². The fraction of sp³-hybridized carbons (Fsp3) is 0.684. The van der Waals surface area contributed by atoms with Crippen molar-refractivity contribution in [2.24, 2.45) is 0 Å². The predicted molar refractivity (Wildman–Crippen MR) is 89.8 cm³/mol. The van der Waals surface area contributed by atoms with Gasteiger partial charge < -0.3 is 5.32 Å². The number of nitrogens with one attached hydrogen (secondary N) is 1. The summed E-state index contributed by atoms with van der Waals surface area (Å²) in [6.45, 7) is 10.6. The summed E-state index contributed by atoms with van der Waals surface area (Å²) >= 11 is 0. The van der Waals surface area contributed by atoms with Gasteiger partial charge in [-0.1, -0.05) is 45.0 Å². The maximum absolute atomic E-state index is 3.80. The lowest BCUT2D eigenvalue weighted by Gasteiger charge is -2.29. The number of hydrogen-bond acceptors (Lipinski definition) is 2. The molecule has 0 aliphatic carbocycles. The molecule has 116 valence electrons. The molecule has 2 fully saturated rings. The summed E-state index contributed by atoms with van der Waals surface area (Å²) in [7, 11) is 0. The molecule has 0 aromatic heterocycles. The first-order valence-electron chi connectivity index (χ1n) is 8.61. The molecule has 2 atom stereocenters. The topological polar surface area (TPSA) is 15.3 Å². The summed E-state index contributed by atoms with van der Waals surface area (Å²) in [5.74, 6) is 0. The van der Waals surface area contributed by atoms with E-state index in [1.165, 1.54) is 56.4 Å². The molecular formula is C19H30N2. The average Bonchev–Trinajstić information content (AvgIpc) is 2.83. The Morgan fingerprint density at radius 3 is 2.52 bits per heavy atom. The zero-order valence-electron chi connectivity index (χ0n) is 13.9. The van der Waals surface area contributed by atoms with Crippen LogP contribution in [0.1, 0.15) is 51.2 Å². The van der Waals surface area contributed by atoms with Crippen molar-refractivity contribution in [2.45, 2.75) is 64.0 Å². The van der Waals surface area contributed by atoms with Crippen molar-refractivity contribution in [3.05, 3.63) is 35.4 Å². The third-order valence-corrected chi connectivity index (χ3v) is 5.18. The molecule has 2 saturated heterocycles. The van der Waals surface area contributed by atoms with E-state index < -0.39 is 0 Å². The van der Waals surface area contributed by atoms with E-state index in [9.17, 15) is 0 Å². The summed E-state index contributed by atoms with van der Waals surface area (Å²) in [5, 5.41) is 3.80. The van der Waals surface area contributed by atoms with Crippen LogP contribution in [0.25, 0.3) is 0 Å². The van der Waals surface area contributed by atoms with Gasteiger partial charge in [-0.2, -0.15) is 0 Å². The van der Waals surface area contributed by atoms with Crippen LogP contribution < -0.4 is 5.32 Å². The molecule has 0 spiro atoms. The SMILES string of the molecule is CC(C)(C)c1ccc(CC2NCCCN3CCCC23)cc1. The highest BCUT2D eigenvalue weighted by Gasteiger charge is 2.32. The van der Waals surface area contributed by atoms with Gasteiger partial charge in [-0.15, -0.1) is 0 Å². The average molecular weight is 286 g/mol. The second-order valence-corrected chi connectivity index (χ2v) is 7.81. The second-order valence-electron chi connectivity index (χ2n) is 7.81. The van der Waals surface area contributed by atoms with Gasteiger partial charge in [-0.05, 0) is 61.9 Å². The van der Waals surface area contributed by atoms with Crippen LogP contribution in [0.5, 0.6) is 0 Å². The summed E-state index contributed by atoms with van der Waals surface area (Å²) < 4.78 is 0. The van der Waals surface area contributed by atoms with Crippen LogP contribution in [0.4, 0.5) is 0 Å². The Kier molecular flexibility index (Phi) is 4.37. The van der Waals surface area contributed by atoms with Crippen LogP contribution in [-0.4, -0.2) is 36.6 Å². The molecular weight excluding hydrogens is 256 g/mol. The van der Waals surface area contributed by atoms with Gasteiger partial charge >= 0.3 is 0 Å². The monoisotopic (exact) mass is 286 g/mol. The molecule has 2 unspecified atom stereocenters. The van der Waals surface area contributed by atoms with Crippen LogP contribution in [-0.2, 0) is 11.8 Å². The van der Waals surface area contributed by atoms with Crippen molar-refractivity contribution < 1.29 is 0 Å². The first-order chi connectivity index (χ1) is 10.0. The molecule has 0 radical (unpaired) electrons. The molecule has 0 amide bonds. The second kappa shape index (κ2) is 6.10. The lowest BCUT2D eigenvalue weighted by Crippen LogP contribution is -2.45. The lowest BCUT2D eigenvalue weighted by atomic mass is 9.86. The van der Waals surface area contributed by atoms with Crippen molar-refractivity contribution in [2.75, 3.05) is 19.6 Å². The normalized spacial score (nSPS) is 27.4. The number of hydrogen-bond donors (Lipinski definition) is 1. The highest BCUT2D eigenvalue weighted by Crippen LogP contribution is 2.26. The third-order valence-electron chi connectivity index (χ3n) is 5.18. The van der Waals surface area contributed by atoms with Gasteiger partial charge in [0.05, 0.1) is 0 Å². The van der Waals surface area contributed by atoms with Gasteiger partial charge in [0.2, 0.25) is 0 Å². The minimum absolute atomic E-state index is 0.251. The highest BCUT2D eigenvalue weighted by atomic mass is 15.2. The number of benzene rings is 1. The van der Waals surface area contributed by atoms with Crippen molar-refractivity contribution in [1.29, 1.82) is 0 Å². The quantitative estimate of drug-likeness (QED) is 0.897. The third kappa shape index (κ3) is 3.49. The van der Waals surface area contributed by atoms with E-state index in [4.69, 9.17) is 0 Å². The van der Waals surface area contributed by atoms with Gasteiger partial charge in [0.1, 0.15) is 0 Å². The smallest absolute Gasteiger partial charge is 0.0263 e. The van der Waals surface area contributed by atoms with Crippen LogP contribution >= 0.6 is 0 Å². The molecule has 1 aromatic carbocycles. The fourth-order valence-electron chi connectivity index (χ4n) is 3.89. The summed E-state index contributed by atoms with van der Waals surface area (Å²) in [6, 6.07) is 10.7. The zero-order chi connectivity index (χ0) is 14.9. The molecule has 2 heterocycles. The van der Waals surface area contributed by atoms with Gasteiger partial charge in [-0.25, -0.2) is 0 Å². The summed E-state index contributed by atoms with van der Waals surface area (Å²) in [5.41, 5.74) is 3.17. The van der Waals surface area contributed by atoms with Gasteiger partial charge in [0, 0.05) is 12.1 Å². The number of fused-ring (bicyclic) bond motifs is 1. The first-order valence-corrected chi connectivity index (χ1v) is 8.61. The van der Waals surface area contributed by atoms with E-state index in [0.29, 0.717) is 6.04 Å². The maximum Gasteiger partial charge on any atom is 0.0263 e. The van der Waals surface area contributed by atoms with E-state index in [1.54, 1.807) is 0 Å². The Morgan fingerprint density at radius 2 is 1.81 bits per heavy atom. The van der Waals surface area contributed by atoms with E-state index in [0.717, 1.165) is 6.04 Å².